The molecule has 132 valence electrons. The lowest BCUT2D eigenvalue weighted by Gasteiger charge is -2.30. The topological polar surface area (TPSA) is 46.1 Å². The van der Waals surface area contributed by atoms with Crippen molar-refractivity contribution in [3.8, 4) is 0 Å². The summed E-state index contributed by atoms with van der Waals surface area (Å²) in [5.74, 6) is 0.573. The molecule has 0 N–H and O–H groups in total. The average molecular weight is 374 g/mol. The quantitative estimate of drug-likeness (QED) is 0.720. The highest BCUT2D eigenvalue weighted by Gasteiger charge is 2.28. The zero-order valence-corrected chi connectivity index (χ0v) is 16.4. The van der Waals surface area contributed by atoms with E-state index in [2.05, 4.69) is 23.7 Å². The van der Waals surface area contributed by atoms with Gasteiger partial charge in [0, 0.05) is 31.1 Å². The third kappa shape index (κ3) is 3.42. The molecule has 1 aliphatic carbocycles. The molecule has 25 heavy (non-hydrogen) atoms. The number of thiazole rings is 2. The van der Waals surface area contributed by atoms with Crippen molar-refractivity contribution >= 4 is 39.2 Å². The maximum absolute atomic E-state index is 12.5. The van der Waals surface area contributed by atoms with Crippen molar-refractivity contribution in [2.24, 2.45) is 5.92 Å². The number of nitrogens with zero attached hydrogens (tertiary/aromatic N) is 3. The highest BCUT2D eigenvalue weighted by Crippen LogP contribution is 2.39. The SMILES string of the molecule is CC(C)CC(=O)c1nc2c(s1)C1=C(CCC2)CCN(c2nccs2)C1. The highest BCUT2D eigenvalue weighted by molar-refractivity contribution is 7.15. The van der Waals surface area contributed by atoms with Gasteiger partial charge in [-0.2, -0.15) is 0 Å². The Hall–Kier alpha value is -1.53. The van der Waals surface area contributed by atoms with Crippen LogP contribution in [0.5, 0.6) is 0 Å². The summed E-state index contributed by atoms with van der Waals surface area (Å²) in [7, 11) is 0. The minimum absolute atomic E-state index is 0.197. The van der Waals surface area contributed by atoms with Crippen molar-refractivity contribution in [2.45, 2.75) is 46.0 Å². The lowest BCUT2D eigenvalue weighted by atomic mass is 9.97. The molecule has 0 saturated heterocycles. The van der Waals surface area contributed by atoms with Gasteiger partial charge in [-0.1, -0.05) is 19.4 Å². The number of hydrogen-bond donors (Lipinski definition) is 0. The van der Waals surface area contributed by atoms with E-state index in [1.165, 1.54) is 16.9 Å². The third-order valence-electron chi connectivity index (χ3n) is 4.84. The maximum atomic E-state index is 12.5. The van der Waals surface area contributed by atoms with Crippen LogP contribution < -0.4 is 4.90 Å². The van der Waals surface area contributed by atoms with Crippen molar-refractivity contribution in [1.29, 1.82) is 0 Å². The standard InChI is InChI=1S/C19H23N3OS2/c1-12(2)10-16(23)18-21-15-5-3-4-13-6-8-22(19-20-7-9-24-19)11-14(13)17(15)25-18/h7,9,12H,3-6,8,10-11H2,1-2H3. The van der Waals surface area contributed by atoms with Crippen LogP contribution >= 0.6 is 22.7 Å². The van der Waals surface area contributed by atoms with E-state index in [0.29, 0.717) is 17.3 Å². The Morgan fingerprint density at radius 2 is 2.20 bits per heavy atom. The van der Waals surface area contributed by atoms with Gasteiger partial charge in [-0.15, -0.1) is 22.7 Å². The second kappa shape index (κ2) is 7.00. The highest BCUT2D eigenvalue weighted by atomic mass is 32.1. The molecule has 0 saturated carbocycles. The molecule has 0 amide bonds. The lowest BCUT2D eigenvalue weighted by molar-refractivity contribution is 0.0967. The number of ketones is 1. The molecule has 4 rings (SSSR count). The van der Waals surface area contributed by atoms with E-state index in [0.717, 1.165) is 43.2 Å². The molecule has 0 spiro atoms. The number of Topliss-reactive ketones (excluding diaryl/α,β-unsaturated/α-hetero) is 1. The Balaban J connectivity index is 1.66. The molecular weight excluding hydrogens is 350 g/mol. The summed E-state index contributed by atoms with van der Waals surface area (Å²) in [6.07, 6.45) is 6.86. The number of rotatable bonds is 4. The van der Waals surface area contributed by atoms with Crippen LogP contribution in [0.15, 0.2) is 17.2 Å². The fraction of sp³-hybridized carbons (Fsp3) is 0.526. The monoisotopic (exact) mass is 373 g/mol. The van der Waals surface area contributed by atoms with Gasteiger partial charge in [-0.25, -0.2) is 9.97 Å². The number of aromatic nitrogens is 2. The Morgan fingerprint density at radius 3 is 2.96 bits per heavy atom. The molecule has 3 heterocycles. The number of hydrogen-bond acceptors (Lipinski definition) is 6. The second-order valence-corrected chi connectivity index (χ2v) is 9.11. The van der Waals surface area contributed by atoms with Crippen molar-refractivity contribution in [3.63, 3.8) is 0 Å². The molecule has 0 bridgehead atoms. The molecular formula is C19H23N3OS2. The minimum atomic E-state index is 0.197. The van der Waals surface area contributed by atoms with Crippen LogP contribution in [0.4, 0.5) is 5.13 Å². The minimum Gasteiger partial charge on any atom is -0.343 e. The number of aryl methyl sites for hydroxylation is 1. The van der Waals surface area contributed by atoms with Gasteiger partial charge in [0.25, 0.3) is 0 Å². The Labute approximate surface area is 156 Å². The van der Waals surface area contributed by atoms with E-state index in [4.69, 9.17) is 4.98 Å². The van der Waals surface area contributed by atoms with Crippen LogP contribution in [0.3, 0.4) is 0 Å². The van der Waals surface area contributed by atoms with Crippen molar-refractivity contribution in [3.05, 3.63) is 32.7 Å². The van der Waals surface area contributed by atoms with Gasteiger partial charge in [0.05, 0.1) is 10.6 Å². The summed E-state index contributed by atoms with van der Waals surface area (Å²) in [5, 5.41) is 3.84. The molecule has 1 aliphatic heterocycles. The zero-order valence-electron chi connectivity index (χ0n) is 14.7. The van der Waals surface area contributed by atoms with Gasteiger partial charge in [-0.05, 0) is 37.2 Å². The van der Waals surface area contributed by atoms with Crippen LogP contribution in [0.1, 0.15) is 59.9 Å². The fourth-order valence-corrected chi connectivity index (χ4v) is 5.46. The first kappa shape index (κ1) is 16.9. The third-order valence-corrected chi connectivity index (χ3v) is 6.88. The summed E-state index contributed by atoms with van der Waals surface area (Å²) < 4.78 is 0. The smallest absolute Gasteiger partial charge is 0.191 e. The maximum Gasteiger partial charge on any atom is 0.191 e. The van der Waals surface area contributed by atoms with Crippen LogP contribution in [0.2, 0.25) is 0 Å². The van der Waals surface area contributed by atoms with Gasteiger partial charge in [0.2, 0.25) is 0 Å². The average Bonchev–Trinajstić information content (AvgIpc) is 3.22. The molecule has 2 aromatic heterocycles. The summed E-state index contributed by atoms with van der Waals surface area (Å²) in [6, 6.07) is 0. The molecule has 2 aromatic rings. The molecule has 0 atom stereocenters. The Morgan fingerprint density at radius 1 is 1.32 bits per heavy atom. The van der Waals surface area contributed by atoms with Gasteiger partial charge in [0.1, 0.15) is 0 Å². The molecule has 6 heteroatoms. The van der Waals surface area contributed by atoms with Crippen LogP contribution in [0.25, 0.3) is 5.57 Å². The molecule has 0 unspecified atom stereocenters. The van der Waals surface area contributed by atoms with E-state index in [1.807, 2.05) is 11.6 Å². The molecule has 0 aromatic carbocycles. The summed E-state index contributed by atoms with van der Waals surface area (Å²) in [4.78, 5) is 25.3. The van der Waals surface area contributed by atoms with Crippen LogP contribution in [-0.2, 0) is 6.42 Å². The zero-order chi connectivity index (χ0) is 17.4. The summed E-state index contributed by atoms with van der Waals surface area (Å²) in [5.41, 5.74) is 4.12. The van der Waals surface area contributed by atoms with Crippen LogP contribution in [0, 0.1) is 5.92 Å². The van der Waals surface area contributed by atoms with Crippen molar-refractivity contribution in [1.82, 2.24) is 9.97 Å². The second-order valence-electron chi connectivity index (χ2n) is 7.24. The van der Waals surface area contributed by atoms with Gasteiger partial charge < -0.3 is 4.90 Å². The van der Waals surface area contributed by atoms with Gasteiger partial charge in [0.15, 0.2) is 15.9 Å². The van der Waals surface area contributed by atoms with E-state index in [-0.39, 0.29) is 5.78 Å². The van der Waals surface area contributed by atoms with E-state index >= 15 is 0 Å². The fourth-order valence-electron chi connectivity index (χ4n) is 3.65. The first-order chi connectivity index (χ1) is 12.1. The first-order valence-corrected chi connectivity index (χ1v) is 10.7. The normalized spacial score (nSPS) is 17.5. The number of carbonyl (C=O) groups is 1. The Bertz CT molecular complexity index is 805. The lowest BCUT2D eigenvalue weighted by Crippen LogP contribution is -2.30. The van der Waals surface area contributed by atoms with Crippen molar-refractivity contribution < 1.29 is 4.79 Å². The predicted octanol–water partition coefficient (Wildman–Crippen LogP) is 4.83. The number of fused-ring (bicyclic) bond motifs is 2. The predicted molar refractivity (Wildman–Crippen MR) is 105 cm³/mol. The number of carbonyl (C=O) groups excluding carboxylic acids is 1. The van der Waals surface area contributed by atoms with Gasteiger partial charge in [-0.3, -0.25) is 4.79 Å². The Kier molecular flexibility index (Phi) is 4.73. The van der Waals surface area contributed by atoms with E-state index < -0.39 is 0 Å². The first-order valence-electron chi connectivity index (χ1n) is 9.00. The van der Waals surface area contributed by atoms with Crippen molar-refractivity contribution in [2.75, 3.05) is 18.0 Å². The summed E-state index contributed by atoms with van der Waals surface area (Å²) in [6.45, 7) is 6.11. The molecule has 2 aliphatic rings. The molecule has 4 nitrogen and oxygen atoms in total. The van der Waals surface area contributed by atoms with E-state index in [9.17, 15) is 4.79 Å². The number of anilines is 1. The van der Waals surface area contributed by atoms with E-state index in [1.54, 1.807) is 28.2 Å². The molecule has 0 radical (unpaired) electrons. The summed E-state index contributed by atoms with van der Waals surface area (Å²) >= 11 is 3.32. The largest absolute Gasteiger partial charge is 0.343 e. The van der Waals surface area contributed by atoms with Gasteiger partial charge >= 0.3 is 0 Å². The van der Waals surface area contributed by atoms with Crippen LogP contribution in [-0.4, -0.2) is 28.8 Å². The molecule has 0 fully saturated rings.